The van der Waals surface area contributed by atoms with E-state index in [-0.39, 0.29) is 12.8 Å². The van der Waals surface area contributed by atoms with Gasteiger partial charge in [-0.2, -0.15) is 5.10 Å². The molecule has 190 valence electrons. The number of pyridine rings is 2. The van der Waals surface area contributed by atoms with Crippen molar-refractivity contribution in [3.8, 4) is 0 Å². The Morgan fingerprint density at radius 1 is 1.08 bits per heavy atom. The van der Waals surface area contributed by atoms with Crippen molar-refractivity contribution < 1.29 is 19.8 Å². The molecule has 3 aromatic heterocycles. The van der Waals surface area contributed by atoms with Gasteiger partial charge in [0.25, 0.3) is 0 Å². The van der Waals surface area contributed by atoms with Crippen LogP contribution in [0.15, 0.2) is 42.7 Å². The summed E-state index contributed by atoms with van der Waals surface area (Å²) in [5, 5.41) is 29.4. The van der Waals surface area contributed by atoms with Gasteiger partial charge in [0.2, 0.25) is 0 Å². The van der Waals surface area contributed by atoms with E-state index in [0.29, 0.717) is 18.8 Å². The normalized spacial score (nSPS) is 13.4. The number of carbonyl (C=O) groups is 2. The quantitative estimate of drug-likeness (QED) is 0.263. The van der Waals surface area contributed by atoms with E-state index < -0.39 is 18.0 Å². The summed E-state index contributed by atoms with van der Waals surface area (Å²) in [5.74, 6) is -0.185. The lowest BCUT2D eigenvalue weighted by Gasteiger charge is -2.20. The molecule has 1 atom stereocenters. The molecule has 0 spiro atoms. The van der Waals surface area contributed by atoms with Crippen LogP contribution in [0.1, 0.15) is 60.7 Å². The van der Waals surface area contributed by atoms with Crippen LogP contribution in [-0.2, 0) is 28.9 Å². The van der Waals surface area contributed by atoms with Gasteiger partial charge in [0.1, 0.15) is 11.6 Å². The van der Waals surface area contributed by atoms with E-state index in [9.17, 15) is 14.7 Å². The molecule has 0 amide bonds. The Morgan fingerprint density at radius 2 is 1.97 bits per heavy atom. The lowest BCUT2D eigenvalue weighted by molar-refractivity contribution is -0.138. The van der Waals surface area contributed by atoms with Gasteiger partial charge in [-0.25, -0.2) is 9.97 Å². The molecule has 1 aliphatic heterocycles. The predicted molar refractivity (Wildman–Crippen MR) is 135 cm³/mol. The molecule has 10 heteroatoms. The molecule has 10 nitrogen and oxygen atoms in total. The molecular weight excluding hydrogens is 460 g/mol. The summed E-state index contributed by atoms with van der Waals surface area (Å²) in [6.45, 7) is 1.42. The number of aryl methyl sites for hydroxylation is 3. The molecule has 36 heavy (non-hydrogen) atoms. The molecule has 3 aromatic rings. The number of carboxylic acid groups (broad SMARTS) is 2. The second kappa shape index (κ2) is 12.1. The van der Waals surface area contributed by atoms with Crippen molar-refractivity contribution in [1.82, 2.24) is 19.7 Å². The fourth-order valence-corrected chi connectivity index (χ4v) is 4.50. The summed E-state index contributed by atoms with van der Waals surface area (Å²) in [4.78, 5) is 31.5. The van der Waals surface area contributed by atoms with Crippen LogP contribution in [-0.4, -0.2) is 55.0 Å². The second-order valence-electron chi connectivity index (χ2n) is 8.97. The first-order valence-electron chi connectivity index (χ1n) is 12.4. The number of nitrogens with zero attached hydrogens (tertiary/aromatic N) is 4. The zero-order valence-corrected chi connectivity index (χ0v) is 20.2. The first kappa shape index (κ1) is 25.2. The maximum absolute atomic E-state index is 11.7. The molecule has 4 N–H and O–H groups in total. The Labute approximate surface area is 209 Å². The summed E-state index contributed by atoms with van der Waals surface area (Å²) in [7, 11) is 0. The van der Waals surface area contributed by atoms with E-state index in [1.165, 1.54) is 5.56 Å². The number of aliphatic carboxylic acids is 2. The van der Waals surface area contributed by atoms with Crippen molar-refractivity contribution in [2.24, 2.45) is 0 Å². The van der Waals surface area contributed by atoms with Gasteiger partial charge in [0.05, 0.1) is 12.5 Å². The van der Waals surface area contributed by atoms with Crippen LogP contribution in [0.2, 0.25) is 0 Å². The SMILES string of the molecule is O=C(O)CCCNc1cc(C(CC(=O)O)n2nccc2CCCc2ccc3c(n2)NCCC3)ccn1. The average molecular weight is 493 g/mol. The third-order valence-electron chi connectivity index (χ3n) is 6.28. The minimum atomic E-state index is -0.917. The molecule has 0 radical (unpaired) electrons. The molecule has 1 unspecified atom stereocenters. The highest BCUT2D eigenvalue weighted by Crippen LogP contribution is 2.26. The summed E-state index contributed by atoms with van der Waals surface area (Å²) < 4.78 is 1.79. The fourth-order valence-electron chi connectivity index (χ4n) is 4.50. The fraction of sp³-hybridized carbons (Fsp3) is 0.423. The molecule has 4 rings (SSSR count). The summed E-state index contributed by atoms with van der Waals surface area (Å²) in [6, 6.07) is 9.31. The van der Waals surface area contributed by atoms with Gasteiger partial charge in [-0.1, -0.05) is 6.07 Å². The Balaban J connectivity index is 1.43. The van der Waals surface area contributed by atoms with Crippen LogP contribution in [0.3, 0.4) is 0 Å². The van der Waals surface area contributed by atoms with Crippen molar-refractivity contribution >= 4 is 23.6 Å². The van der Waals surface area contributed by atoms with E-state index in [1.54, 1.807) is 23.1 Å². The van der Waals surface area contributed by atoms with Gasteiger partial charge in [0.15, 0.2) is 0 Å². The molecule has 0 saturated carbocycles. The first-order valence-corrected chi connectivity index (χ1v) is 12.4. The van der Waals surface area contributed by atoms with Crippen molar-refractivity contribution in [3.63, 3.8) is 0 Å². The average Bonchev–Trinajstić information content (AvgIpc) is 3.33. The zero-order chi connectivity index (χ0) is 25.3. The van der Waals surface area contributed by atoms with E-state index in [2.05, 4.69) is 32.8 Å². The topological polar surface area (TPSA) is 142 Å². The number of anilines is 2. The van der Waals surface area contributed by atoms with Gasteiger partial charge >= 0.3 is 11.9 Å². The first-order chi connectivity index (χ1) is 17.5. The van der Waals surface area contributed by atoms with E-state index in [1.807, 2.05) is 12.1 Å². The van der Waals surface area contributed by atoms with E-state index in [4.69, 9.17) is 10.1 Å². The van der Waals surface area contributed by atoms with Crippen LogP contribution in [0.5, 0.6) is 0 Å². The smallest absolute Gasteiger partial charge is 0.305 e. The molecule has 0 fully saturated rings. The Morgan fingerprint density at radius 3 is 2.81 bits per heavy atom. The van der Waals surface area contributed by atoms with Crippen LogP contribution in [0.4, 0.5) is 11.6 Å². The largest absolute Gasteiger partial charge is 0.481 e. The lowest BCUT2D eigenvalue weighted by Crippen LogP contribution is -2.19. The highest BCUT2D eigenvalue weighted by Gasteiger charge is 2.21. The maximum Gasteiger partial charge on any atom is 0.305 e. The molecular formula is C26H32N6O4. The van der Waals surface area contributed by atoms with Gasteiger partial charge in [-0.05, 0) is 73.9 Å². The Hall–Kier alpha value is -3.95. The minimum Gasteiger partial charge on any atom is -0.481 e. The van der Waals surface area contributed by atoms with Crippen LogP contribution in [0, 0.1) is 0 Å². The number of aromatic nitrogens is 4. The molecule has 0 bridgehead atoms. The van der Waals surface area contributed by atoms with Crippen LogP contribution < -0.4 is 10.6 Å². The number of carboxylic acids is 2. The highest BCUT2D eigenvalue weighted by molar-refractivity contribution is 5.68. The van der Waals surface area contributed by atoms with Gasteiger partial charge in [0, 0.05) is 43.3 Å². The number of rotatable bonds is 13. The number of hydrogen-bond donors (Lipinski definition) is 4. The molecule has 0 aromatic carbocycles. The third-order valence-corrected chi connectivity index (χ3v) is 6.28. The summed E-state index contributed by atoms with van der Waals surface area (Å²) in [5.41, 5.74) is 4.06. The Bertz CT molecular complexity index is 1190. The molecule has 1 aliphatic rings. The monoisotopic (exact) mass is 492 g/mol. The molecule has 0 aliphatic carbocycles. The number of fused-ring (bicyclic) bond motifs is 1. The van der Waals surface area contributed by atoms with Crippen molar-refractivity contribution in [3.05, 3.63) is 65.2 Å². The van der Waals surface area contributed by atoms with Crippen molar-refractivity contribution in [2.75, 3.05) is 23.7 Å². The Kier molecular flexibility index (Phi) is 8.48. The molecule has 4 heterocycles. The maximum atomic E-state index is 11.7. The zero-order valence-electron chi connectivity index (χ0n) is 20.2. The van der Waals surface area contributed by atoms with E-state index >= 15 is 0 Å². The van der Waals surface area contributed by atoms with Crippen molar-refractivity contribution in [1.29, 1.82) is 0 Å². The third kappa shape index (κ3) is 6.80. The van der Waals surface area contributed by atoms with Crippen LogP contribution >= 0.6 is 0 Å². The number of hydrogen-bond acceptors (Lipinski definition) is 7. The molecule has 0 saturated heterocycles. The van der Waals surface area contributed by atoms with E-state index in [0.717, 1.165) is 61.4 Å². The summed E-state index contributed by atoms with van der Waals surface area (Å²) >= 11 is 0. The van der Waals surface area contributed by atoms with Gasteiger partial charge in [-0.3, -0.25) is 14.3 Å². The second-order valence-corrected chi connectivity index (χ2v) is 8.97. The minimum absolute atomic E-state index is 0.0719. The standard InChI is InChI=1S/C26H32N6O4/c33-24(34)7-3-12-27-23-16-19(10-14-28-23)22(17-25(35)36)32-21(11-15-30-32)6-1-5-20-9-8-18-4-2-13-29-26(18)31-20/h8-11,14-16,22H,1-7,12-13,17H2,(H,27,28)(H,29,31)(H,33,34)(H,35,36). The lowest BCUT2D eigenvalue weighted by atomic mass is 10.0. The number of nitrogens with one attached hydrogen (secondary N) is 2. The van der Waals surface area contributed by atoms with Crippen LogP contribution in [0.25, 0.3) is 0 Å². The van der Waals surface area contributed by atoms with Gasteiger partial charge in [-0.15, -0.1) is 0 Å². The highest BCUT2D eigenvalue weighted by atomic mass is 16.4. The predicted octanol–water partition coefficient (Wildman–Crippen LogP) is 3.55. The summed E-state index contributed by atoms with van der Waals surface area (Å²) in [6.07, 6.45) is 8.39. The van der Waals surface area contributed by atoms with Crippen molar-refractivity contribution in [2.45, 2.75) is 57.4 Å². The van der Waals surface area contributed by atoms with Gasteiger partial charge < -0.3 is 20.8 Å².